The van der Waals surface area contributed by atoms with Crippen LogP contribution < -0.4 is 0 Å². The van der Waals surface area contributed by atoms with E-state index in [1.165, 1.54) is 35.6 Å². The van der Waals surface area contributed by atoms with Crippen molar-refractivity contribution in [1.82, 2.24) is 29.6 Å². The topological polar surface area (TPSA) is 111 Å². The lowest BCUT2D eigenvalue weighted by molar-refractivity contribution is -0.138. The predicted octanol–water partition coefficient (Wildman–Crippen LogP) is 3.60. The van der Waals surface area contributed by atoms with Crippen LogP contribution in [0.25, 0.3) is 22.0 Å². The highest BCUT2D eigenvalue weighted by molar-refractivity contribution is 6.06. The van der Waals surface area contributed by atoms with Crippen LogP contribution in [0.5, 0.6) is 0 Å². The maximum Gasteiger partial charge on any atom is 0.245 e. The Morgan fingerprint density at radius 2 is 1.79 bits per heavy atom. The number of amides is 1. The summed E-state index contributed by atoms with van der Waals surface area (Å²) in [6, 6.07) is 7.04. The number of pyridine rings is 1. The SMILES string of the molecule is CC(=O)c1nn(CC(=O)N2C[C@H](F)C[C@H]2C(=O)Cc2ccc(F)c(C)n2)c2ccc(-c3cnc(C)nc3)cc12. The molecule has 4 heterocycles. The van der Waals surface area contributed by atoms with E-state index in [-0.39, 0.29) is 48.9 Å². The molecule has 1 aliphatic rings. The van der Waals surface area contributed by atoms with Crippen molar-refractivity contribution in [2.24, 2.45) is 0 Å². The van der Waals surface area contributed by atoms with E-state index in [4.69, 9.17) is 0 Å². The van der Waals surface area contributed by atoms with Crippen LogP contribution >= 0.6 is 0 Å². The first kappa shape index (κ1) is 26.2. The molecule has 1 aromatic carbocycles. The molecule has 1 aliphatic heterocycles. The number of carbonyl (C=O) groups excluding carboxylic acids is 3. The fraction of sp³-hybridized carbons (Fsp3) is 0.321. The number of likely N-dealkylation sites (tertiary alicyclic amines) is 1. The molecule has 0 N–H and O–H groups in total. The Labute approximate surface area is 222 Å². The summed E-state index contributed by atoms with van der Waals surface area (Å²) in [7, 11) is 0. The van der Waals surface area contributed by atoms with Crippen LogP contribution in [0.3, 0.4) is 0 Å². The Bertz CT molecular complexity index is 1600. The van der Waals surface area contributed by atoms with Gasteiger partial charge in [-0.25, -0.2) is 18.7 Å². The molecule has 11 heteroatoms. The minimum atomic E-state index is -1.35. The number of fused-ring (bicyclic) bond motifs is 1. The molecule has 1 saturated heterocycles. The highest BCUT2D eigenvalue weighted by Gasteiger charge is 2.39. The lowest BCUT2D eigenvalue weighted by atomic mass is 10.0. The summed E-state index contributed by atoms with van der Waals surface area (Å²) < 4.78 is 29.4. The van der Waals surface area contributed by atoms with Crippen LogP contribution in [0, 0.1) is 19.7 Å². The number of aromatic nitrogens is 5. The van der Waals surface area contributed by atoms with Gasteiger partial charge in [0.2, 0.25) is 5.91 Å². The molecule has 3 aromatic heterocycles. The molecule has 0 aliphatic carbocycles. The van der Waals surface area contributed by atoms with Gasteiger partial charge >= 0.3 is 0 Å². The fourth-order valence-corrected chi connectivity index (χ4v) is 4.86. The second-order valence-electron chi connectivity index (χ2n) is 9.72. The van der Waals surface area contributed by atoms with Gasteiger partial charge in [0.15, 0.2) is 11.6 Å². The average Bonchev–Trinajstić information content (AvgIpc) is 3.47. The summed E-state index contributed by atoms with van der Waals surface area (Å²) in [6.07, 6.45) is 1.75. The van der Waals surface area contributed by atoms with Crippen molar-refractivity contribution in [3.8, 4) is 11.1 Å². The van der Waals surface area contributed by atoms with Crippen LogP contribution in [-0.2, 0) is 22.6 Å². The molecule has 1 amide bonds. The summed E-state index contributed by atoms with van der Waals surface area (Å²) in [6.45, 7) is 4.17. The quantitative estimate of drug-likeness (QED) is 0.335. The molecule has 39 heavy (non-hydrogen) atoms. The van der Waals surface area contributed by atoms with Gasteiger partial charge in [-0.1, -0.05) is 6.07 Å². The van der Waals surface area contributed by atoms with Crippen molar-refractivity contribution in [1.29, 1.82) is 0 Å². The molecule has 0 spiro atoms. The molecule has 2 atom stereocenters. The van der Waals surface area contributed by atoms with Crippen molar-refractivity contribution in [3.05, 3.63) is 71.4 Å². The second-order valence-corrected chi connectivity index (χ2v) is 9.72. The van der Waals surface area contributed by atoms with Crippen molar-refractivity contribution in [3.63, 3.8) is 0 Å². The molecule has 0 unspecified atom stereocenters. The molecule has 0 saturated carbocycles. The zero-order chi connectivity index (χ0) is 27.8. The van der Waals surface area contributed by atoms with E-state index in [1.807, 2.05) is 6.07 Å². The van der Waals surface area contributed by atoms with Gasteiger partial charge in [0.1, 0.15) is 30.1 Å². The maximum absolute atomic E-state index is 14.4. The van der Waals surface area contributed by atoms with Gasteiger partial charge in [0, 0.05) is 42.4 Å². The first-order valence-corrected chi connectivity index (χ1v) is 12.5. The second kappa shape index (κ2) is 10.4. The number of rotatable bonds is 7. The molecule has 5 rings (SSSR count). The van der Waals surface area contributed by atoms with Crippen molar-refractivity contribution < 1.29 is 23.2 Å². The number of ketones is 2. The lowest BCUT2D eigenvalue weighted by Gasteiger charge is -2.23. The summed E-state index contributed by atoms with van der Waals surface area (Å²) in [5, 5.41) is 4.95. The molecule has 4 aromatic rings. The van der Waals surface area contributed by atoms with Crippen molar-refractivity contribution in [2.45, 2.75) is 52.4 Å². The van der Waals surface area contributed by atoms with Gasteiger partial charge in [-0.2, -0.15) is 5.10 Å². The molecule has 0 radical (unpaired) electrons. The Kier molecular flexibility index (Phi) is 6.98. The van der Waals surface area contributed by atoms with Gasteiger partial charge in [0.25, 0.3) is 0 Å². The number of aryl methyl sites for hydroxylation is 2. The summed E-state index contributed by atoms with van der Waals surface area (Å²) in [5.74, 6) is -0.991. The first-order valence-electron chi connectivity index (χ1n) is 12.5. The Hall–Kier alpha value is -4.41. The molecule has 0 bridgehead atoms. The third kappa shape index (κ3) is 5.29. The van der Waals surface area contributed by atoms with Gasteiger partial charge in [0.05, 0.1) is 30.2 Å². The summed E-state index contributed by atoms with van der Waals surface area (Å²) in [5.41, 5.74) is 2.81. The van der Waals surface area contributed by atoms with Crippen LogP contribution in [-0.4, -0.2) is 65.9 Å². The Balaban J connectivity index is 1.40. The number of benzene rings is 1. The van der Waals surface area contributed by atoms with E-state index in [0.717, 1.165) is 11.1 Å². The van der Waals surface area contributed by atoms with E-state index in [0.29, 0.717) is 22.4 Å². The number of halogens is 2. The minimum Gasteiger partial charge on any atom is -0.328 e. The Morgan fingerprint density at radius 1 is 1.05 bits per heavy atom. The molecule has 200 valence electrons. The minimum absolute atomic E-state index is 0.120. The summed E-state index contributed by atoms with van der Waals surface area (Å²) in [4.78, 5) is 52.5. The van der Waals surface area contributed by atoms with E-state index < -0.39 is 23.9 Å². The smallest absolute Gasteiger partial charge is 0.245 e. The fourth-order valence-electron chi connectivity index (χ4n) is 4.86. The maximum atomic E-state index is 14.4. The predicted molar refractivity (Wildman–Crippen MR) is 138 cm³/mol. The number of nitrogens with zero attached hydrogens (tertiary/aromatic N) is 6. The molecule has 9 nitrogen and oxygen atoms in total. The van der Waals surface area contributed by atoms with Crippen LogP contribution in [0.15, 0.2) is 42.7 Å². The van der Waals surface area contributed by atoms with E-state index in [2.05, 4.69) is 20.1 Å². The number of hydrogen-bond donors (Lipinski definition) is 0. The van der Waals surface area contributed by atoms with Crippen LogP contribution in [0.1, 0.15) is 41.0 Å². The van der Waals surface area contributed by atoms with E-state index >= 15 is 0 Å². The largest absolute Gasteiger partial charge is 0.328 e. The first-order chi connectivity index (χ1) is 18.6. The third-order valence-electron chi connectivity index (χ3n) is 6.86. The zero-order valence-electron chi connectivity index (χ0n) is 21.7. The third-order valence-corrected chi connectivity index (χ3v) is 6.86. The van der Waals surface area contributed by atoms with E-state index in [1.54, 1.807) is 31.5 Å². The normalized spacial score (nSPS) is 17.1. The highest BCUT2D eigenvalue weighted by atomic mass is 19.1. The monoisotopic (exact) mass is 532 g/mol. The van der Waals surface area contributed by atoms with E-state index in [9.17, 15) is 23.2 Å². The van der Waals surface area contributed by atoms with Crippen molar-refractivity contribution in [2.75, 3.05) is 6.54 Å². The Morgan fingerprint density at radius 3 is 2.49 bits per heavy atom. The average molecular weight is 533 g/mol. The number of carbonyl (C=O) groups is 3. The zero-order valence-corrected chi connectivity index (χ0v) is 21.7. The standard InChI is InChI=1S/C28H26F2N6O3/c1-15-23(30)6-5-21(33-15)10-26(38)25-9-20(29)13-35(25)27(39)14-36-24-7-4-18(19-11-31-17(3)32-12-19)8-22(24)28(34-36)16(2)37/h4-8,11-12,20,25H,9-10,13-14H2,1-3H3/t20-,25+/m1/s1. The van der Waals surface area contributed by atoms with Crippen LogP contribution in [0.4, 0.5) is 8.78 Å². The number of hydrogen-bond acceptors (Lipinski definition) is 7. The highest BCUT2D eigenvalue weighted by Crippen LogP contribution is 2.28. The number of Topliss-reactive ketones (excluding diaryl/α,β-unsaturated/α-hetero) is 2. The molecule has 1 fully saturated rings. The van der Waals surface area contributed by atoms with Crippen LogP contribution in [0.2, 0.25) is 0 Å². The van der Waals surface area contributed by atoms with Crippen molar-refractivity contribution >= 4 is 28.4 Å². The lowest BCUT2D eigenvalue weighted by Crippen LogP contribution is -2.43. The summed E-state index contributed by atoms with van der Waals surface area (Å²) >= 11 is 0. The van der Waals surface area contributed by atoms with Gasteiger partial charge in [-0.05, 0) is 43.7 Å². The van der Waals surface area contributed by atoms with Gasteiger partial charge in [-0.3, -0.25) is 24.0 Å². The van der Waals surface area contributed by atoms with Gasteiger partial charge < -0.3 is 4.90 Å². The van der Waals surface area contributed by atoms with Gasteiger partial charge in [-0.15, -0.1) is 0 Å². The number of alkyl halides is 1. The molecular formula is C28H26F2N6O3. The molecular weight excluding hydrogens is 506 g/mol.